The maximum Gasteiger partial charge on any atom is 0.123 e. The molecule has 2 aromatic rings. The molecule has 0 aromatic heterocycles. The SMILES string of the molecule is OC(CNc1ccccc1I)c1cccc(F)c1. The molecule has 0 heterocycles. The van der Waals surface area contributed by atoms with Crippen LogP contribution in [0.4, 0.5) is 10.1 Å². The molecule has 2 rings (SSSR count). The van der Waals surface area contributed by atoms with Gasteiger partial charge in [-0.05, 0) is 52.4 Å². The van der Waals surface area contributed by atoms with E-state index in [1.165, 1.54) is 12.1 Å². The van der Waals surface area contributed by atoms with Crippen molar-refractivity contribution in [3.05, 3.63) is 63.5 Å². The third kappa shape index (κ3) is 3.43. The second-order valence-electron chi connectivity index (χ2n) is 3.93. The molecule has 2 aromatic carbocycles. The summed E-state index contributed by atoms with van der Waals surface area (Å²) in [5.41, 5.74) is 1.54. The van der Waals surface area contributed by atoms with Crippen LogP contribution in [-0.2, 0) is 0 Å². The number of halogens is 2. The second kappa shape index (κ2) is 6.15. The fourth-order valence-electron chi connectivity index (χ4n) is 1.64. The predicted molar refractivity (Wildman–Crippen MR) is 79.0 cm³/mol. The first-order chi connectivity index (χ1) is 8.66. The number of nitrogens with one attached hydrogen (secondary N) is 1. The summed E-state index contributed by atoms with van der Waals surface area (Å²) < 4.78 is 14.1. The Kier molecular flexibility index (Phi) is 4.54. The van der Waals surface area contributed by atoms with Crippen molar-refractivity contribution in [2.45, 2.75) is 6.10 Å². The highest BCUT2D eigenvalue weighted by Gasteiger charge is 2.08. The lowest BCUT2D eigenvalue weighted by molar-refractivity contribution is 0.191. The molecule has 94 valence electrons. The molecule has 0 saturated heterocycles. The molecule has 0 spiro atoms. The van der Waals surface area contributed by atoms with Crippen LogP contribution in [0.2, 0.25) is 0 Å². The fourth-order valence-corrected chi connectivity index (χ4v) is 2.22. The van der Waals surface area contributed by atoms with Crippen molar-refractivity contribution in [1.29, 1.82) is 0 Å². The molecular weight excluding hydrogens is 344 g/mol. The first-order valence-corrected chi connectivity index (χ1v) is 6.66. The third-order valence-corrected chi connectivity index (χ3v) is 3.53. The fraction of sp³-hybridized carbons (Fsp3) is 0.143. The molecule has 18 heavy (non-hydrogen) atoms. The van der Waals surface area contributed by atoms with Crippen LogP contribution in [-0.4, -0.2) is 11.7 Å². The molecule has 2 N–H and O–H groups in total. The van der Waals surface area contributed by atoms with Gasteiger partial charge in [0.1, 0.15) is 5.82 Å². The van der Waals surface area contributed by atoms with Crippen LogP contribution < -0.4 is 5.32 Å². The summed E-state index contributed by atoms with van der Waals surface area (Å²) in [6.07, 6.45) is -0.725. The molecular formula is C14H13FINO. The summed E-state index contributed by atoms with van der Waals surface area (Å²) in [7, 11) is 0. The summed E-state index contributed by atoms with van der Waals surface area (Å²) in [5, 5.41) is 13.1. The van der Waals surface area contributed by atoms with Crippen molar-refractivity contribution in [2.24, 2.45) is 0 Å². The van der Waals surface area contributed by atoms with E-state index in [2.05, 4.69) is 27.9 Å². The smallest absolute Gasteiger partial charge is 0.123 e. The lowest BCUT2D eigenvalue weighted by atomic mass is 10.1. The summed E-state index contributed by atoms with van der Waals surface area (Å²) in [6, 6.07) is 13.8. The molecule has 0 aliphatic rings. The van der Waals surface area contributed by atoms with E-state index in [-0.39, 0.29) is 5.82 Å². The van der Waals surface area contributed by atoms with Crippen molar-refractivity contribution < 1.29 is 9.50 Å². The Morgan fingerprint density at radius 1 is 1.17 bits per heavy atom. The standard InChI is InChI=1S/C14H13FINO/c15-11-5-3-4-10(8-11)14(18)9-17-13-7-2-1-6-12(13)16/h1-8,14,17-18H,9H2. The minimum atomic E-state index is -0.725. The quantitative estimate of drug-likeness (QED) is 0.820. The lowest BCUT2D eigenvalue weighted by Crippen LogP contribution is -2.12. The summed E-state index contributed by atoms with van der Waals surface area (Å²) in [6.45, 7) is 0.351. The number of anilines is 1. The first-order valence-electron chi connectivity index (χ1n) is 5.59. The van der Waals surface area contributed by atoms with Crippen molar-refractivity contribution in [3.8, 4) is 0 Å². The van der Waals surface area contributed by atoms with Crippen LogP contribution in [0.25, 0.3) is 0 Å². The van der Waals surface area contributed by atoms with Gasteiger partial charge in [0.2, 0.25) is 0 Å². The van der Waals surface area contributed by atoms with E-state index in [0.29, 0.717) is 12.1 Å². The van der Waals surface area contributed by atoms with Gasteiger partial charge in [0.25, 0.3) is 0 Å². The maximum absolute atomic E-state index is 13.0. The zero-order chi connectivity index (χ0) is 13.0. The highest BCUT2D eigenvalue weighted by molar-refractivity contribution is 14.1. The van der Waals surface area contributed by atoms with Gasteiger partial charge >= 0.3 is 0 Å². The number of para-hydroxylation sites is 1. The van der Waals surface area contributed by atoms with Crippen LogP contribution in [0, 0.1) is 9.39 Å². The van der Waals surface area contributed by atoms with Crippen molar-refractivity contribution in [2.75, 3.05) is 11.9 Å². The number of rotatable bonds is 4. The van der Waals surface area contributed by atoms with E-state index in [9.17, 15) is 9.50 Å². The monoisotopic (exact) mass is 357 g/mol. The summed E-state index contributed by atoms with van der Waals surface area (Å²) >= 11 is 2.22. The number of benzene rings is 2. The van der Waals surface area contributed by atoms with Crippen LogP contribution in [0.15, 0.2) is 48.5 Å². The topological polar surface area (TPSA) is 32.3 Å². The number of aliphatic hydroxyl groups excluding tert-OH is 1. The van der Waals surface area contributed by atoms with Crippen LogP contribution >= 0.6 is 22.6 Å². The van der Waals surface area contributed by atoms with Gasteiger partial charge in [-0.2, -0.15) is 0 Å². The van der Waals surface area contributed by atoms with Crippen LogP contribution in [0.3, 0.4) is 0 Å². The van der Waals surface area contributed by atoms with Gasteiger partial charge < -0.3 is 10.4 Å². The molecule has 0 saturated carbocycles. The average molecular weight is 357 g/mol. The Morgan fingerprint density at radius 2 is 1.94 bits per heavy atom. The van der Waals surface area contributed by atoms with Gasteiger partial charge in [0.15, 0.2) is 0 Å². The normalized spacial score (nSPS) is 12.2. The summed E-state index contributed by atoms with van der Waals surface area (Å²) in [5.74, 6) is -0.333. The first kappa shape index (κ1) is 13.3. The second-order valence-corrected chi connectivity index (χ2v) is 5.09. The lowest BCUT2D eigenvalue weighted by Gasteiger charge is -2.14. The average Bonchev–Trinajstić information content (AvgIpc) is 2.37. The molecule has 0 aliphatic carbocycles. The Balaban J connectivity index is 2.00. The van der Waals surface area contributed by atoms with Gasteiger partial charge in [-0.15, -0.1) is 0 Å². The minimum absolute atomic E-state index is 0.333. The van der Waals surface area contributed by atoms with Gasteiger partial charge in [-0.3, -0.25) is 0 Å². The highest BCUT2D eigenvalue weighted by Crippen LogP contribution is 2.19. The highest BCUT2D eigenvalue weighted by atomic mass is 127. The molecule has 0 amide bonds. The molecule has 1 atom stereocenters. The van der Waals surface area contributed by atoms with Gasteiger partial charge in [-0.1, -0.05) is 24.3 Å². The molecule has 4 heteroatoms. The zero-order valence-electron chi connectivity index (χ0n) is 9.61. The molecule has 0 aliphatic heterocycles. The van der Waals surface area contributed by atoms with E-state index in [4.69, 9.17) is 0 Å². The number of hydrogen-bond acceptors (Lipinski definition) is 2. The molecule has 1 unspecified atom stereocenters. The number of hydrogen-bond donors (Lipinski definition) is 2. The van der Waals surface area contributed by atoms with E-state index < -0.39 is 6.10 Å². The van der Waals surface area contributed by atoms with Gasteiger partial charge in [-0.25, -0.2) is 4.39 Å². The molecule has 0 fully saturated rings. The molecule has 2 nitrogen and oxygen atoms in total. The minimum Gasteiger partial charge on any atom is -0.387 e. The van der Waals surface area contributed by atoms with Gasteiger partial charge in [0.05, 0.1) is 6.10 Å². The van der Waals surface area contributed by atoms with Crippen molar-refractivity contribution in [3.63, 3.8) is 0 Å². The van der Waals surface area contributed by atoms with Crippen LogP contribution in [0.5, 0.6) is 0 Å². The zero-order valence-corrected chi connectivity index (χ0v) is 11.8. The number of aliphatic hydroxyl groups is 1. The molecule has 0 bridgehead atoms. The van der Waals surface area contributed by atoms with E-state index in [1.807, 2.05) is 24.3 Å². The van der Waals surface area contributed by atoms with Crippen molar-refractivity contribution in [1.82, 2.24) is 0 Å². The summed E-state index contributed by atoms with van der Waals surface area (Å²) in [4.78, 5) is 0. The Morgan fingerprint density at radius 3 is 2.67 bits per heavy atom. The Bertz CT molecular complexity index is 533. The van der Waals surface area contributed by atoms with Gasteiger partial charge in [0, 0.05) is 15.8 Å². The predicted octanol–water partition coefficient (Wildman–Crippen LogP) is 3.58. The maximum atomic E-state index is 13.0. The Hall–Kier alpha value is -1.14. The van der Waals surface area contributed by atoms with E-state index in [1.54, 1.807) is 12.1 Å². The third-order valence-electron chi connectivity index (χ3n) is 2.59. The van der Waals surface area contributed by atoms with Crippen molar-refractivity contribution >= 4 is 28.3 Å². The van der Waals surface area contributed by atoms with Crippen LogP contribution in [0.1, 0.15) is 11.7 Å². The molecule has 0 radical (unpaired) electrons. The van der Waals surface area contributed by atoms with E-state index in [0.717, 1.165) is 9.26 Å². The Labute approximate surface area is 119 Å². The van der Waals surface area contributed by atoms with E-state index >= 15 is 0 Å². The largest absolute Gasteiger partial charge is 0.387 e.